The fraction of sp³-hybridized carbons (Fsp3) is 0.133. The minimum absolute atomic E-state index is 0.0629. The van der Waals surface area contributed by atoms with Crippen LogP contribution < -0.4 is 5.32 Å². The number of aryl methyl sites for hydroxylation is 2. The molecular weight excluding hydrogens is 383 g/mol. The molecule has 1 amide bonds. The Morgan fingerprint density at radius 3 is 2.48 bits per heavy atom. The highest BCUT2D eigenvalue weighted by Gasteiger charge is 2.15. The smallest absolute Gasteiger partial charge is 0.337 e. The first-order valence-corrected chi connectivity index (χ1v) is 7.25. The summed E-state index contributed by atoms with van der Waals surface area (Å²) in [7, 11) is 0. The molecule has 108 valence electrons. The van der Waals surface area contributed by atoms with Gasteiger partial charge >= 0.3 is 5.97 Å². The summed E-state index contributed by atoms with van der Waals surface area (Å²) < 4.78 is 0.788. The van der Waals surface area contributed by atoms with Crippen molar-refractivity contribution >= 4 is 40.2 Å². The van der Waals surface area contributed by atoms with Crippen LogP contribution in [0.1, 0.15) is 32.1 Å². The van der Waals surface area contributed by atoms with Gasteiger partial charge in [0, 0.05) is 9.26 Å². The summed E-state index contributed by atoms with van der Waals surface area (Å²) in [6.07, 6.45) is 0. The second-order valence-corrected chi connectivity index (χ2v) is 5.78. The van der Waals surface area contributed by atoms with E-state index in [-0.39, 0.29) is 17.2 Å². The number of aromatic nitrogens is 1. The topological polar surface area (TPSA) is 79.3 Å². The summed E-state index contributed by atoms with van der Waals surface area (Å²) in [6.45, 7) is 3.59. The minimum atomic E-state index is -1.08. The van der Waals surface area contributed by atoms with Crippen molar-refractivity contribution in [1.29, 1.82) is 0 Å². The number of amides is 1. The highest BCUT2D eigenvalue weighted by atomic mass is 127. The summed E-state index contributed by atoms with van der Waals surface area (Å²) in [5.74, 6) is -1.45. The summed E-state index contributed by atoms with van der Waals surface area (Å²) in [5.41, 5.74) is 2.19. The fourth-order valence-corrected chi connectivity index (χ4v) is 2.41. The Hall–Kier alpha value is -1.96. The second-order valence-electron chi connectivity index (χ2n) is 4.53. The fourth-order valence-electron chi connectivity index (χ4n) is 1.92. The van der Waals surface area contributed by atoms with Gasteiger partial charge in [-0.25, -0.2) is 4.79 Å². The molecule has 21 heavy (non-hydrogen) atoms. The van der Waals surface area contributed by atoms with E-state index in [0.717, 1.165) is 9.26 Å². The zero-order valence-corrected chi connectivity index (χ0v) is 13.6. The maximum absolute atomic E-state index is 12.3. The van der Waals surface area contributed by atoms with Crippen LogP contribution in [0.2, 0.25) is 0 Å². The summed E-state index contributed by atoms with van der Waals surface area (Å²) in [5, 5.41) is 11.8. The average Bonchev–Trinajstić information content (AvgIpc) is 2.40. The normalized spacial score (nSPS) is 10.2. The van der Waals surface area contributed by atoms with Gasteiger partial charge in [-0.1, -0.05) is 0 Å². The van der Waals surface area contributed by atoms with Crippen LogP contribution in [0, 0.1) is 17.4 Å². The Balaban J connectivity index is 2.34. The maximum Gasteiger partial charge on any atom is 0.337 e. The number of hydrogen-bond acceptors (Lipinski definition) is 3. The summed E-state index contributed by atoms with van der Waals surface area (Å²) in [6, 6.07) is 8.26. The van der Waals surface area contributed by atoms with E-state index in [1.165, 1.54) is 6.07 Å². The molecule has 0 aliphatic carbocycles. The molecule has 0 aliphatic rings. The number of anilines is 1. The number of nitrogens with one attached hydrogen (secondary N) is 1. The van der Waals surface area contributed by atoms with Crippen LogP contribution in [-0.4, -0.2) is 22.0 Å². The molecule has 0 unspecified atom stereocenters. The lowest BCUT2D eigenvalue weighted by molar-refractivity contribution is 0.0698. The molecule has 6 heteroatoms. The van der Waals surface area contributed by atoms with Crippen molar-refractivity contribution in [2.45, 2.75) is 13.8 Å². The van der Waals surface area contributed by atoms with Gasteiger partial charge in [0.05, 0.1) is 22.5 Å². The number of aromatic carboxylic acids is 1. The Morgan fingerprint density at radius 1 is 1.14 bits per heavy atom. The molecular formula is C15H13IN2O3. The van der Waals surface area contributed by atoms with Crippen molar-refractivity contribution < 1.29 is 14.7 Å². The lowest BCUT2D eigenvalue weighted by Crippen LogP contribution is -2.16. The van der Waals surface area contributed by atoms with Crippen LogP contribution >= 0.6 is 22.6 Å². The SMILES string of the molecule is Cc1ccc(C(=O)Nc2ccc(I)cc2C(=O)O)c(C)n1. The Labute approximate surface area is 135 Å². The third kappa shape index (κ3) is 3.57. The Bertz CT molecular complexity index is 729. The van der Waals surface area contributed by atoms with Crippen LogP contribution in [0.15, 0.2) is 30.3 Å². The first-order chi connectivity index (χ1) is 9.88. The average molecular weight is 396 g/mol. The molecule has 0 radical (unpaired) electrons. The standard InChI is InChI=1S/C15H13IN2O3/c1-8-3-5-11(9(2)17-8)14(19)18-13-6-4-10(16)7-12(13)15(20)21/h3-7H,1-2H3,(H,18,19)(H,20,21). The molecule has 0 fully saturated rings. The Kier molecular flexibility index (Phi) is 4.56. The number of rotatable bonds is 3. The van der Waals surface area contributed by atoms with E-state index in [0.29, 0.717) is 11.3 Å². The summed E-state index contributed by atoms with van der Waals surface area (Å²) >= 11 is 2.02. The first kappa shape index (κ1) is 15.4. The minimum Gasteiger partial charge on any atom is -0.478 e. The molecule has 1 aromatic carbocycles. The van der Waals surface area contributed by atoms with Gasteiger partial charge in [0.2, 0.25) is 0 Å². The molecule has 1 aromatic heterocycles. The molecule has 2 rings (SSSR count). The van der Waals surface area contributed by atoms with Crippen LogP contribution in [-0.2, 0) is 0 Å². The van der Waals surface area contributed by atoms with Gasteiger partial charge in [-0.15, -0.1) is 0 Å². The highest BCUT2D eigenvalue weighted by molar-refractivity contribution is 14.1. The van der Waals surface area contributed by atoms with Gasteiger partial charge < -0.3 is 10.4 Å². The van der Waals surface area contributed by atoms with Crippen LogP contribution in [0.25, 0.3) is 0 Å². The number of carbonyl (C=O) groups excluding carboxylic acids is 1. The number of pyridine rings is 1. The molecule has 0 bridgehead atoms. The quantitative estimate of drug-likeness (QED) is 0.781. The van der Waals surface area contributed by atoms with E-state index in [2.05, 4.69) is 10.3 Å². The zero-order valence-electron chi connectivity index (χ0n) is 11.5. The van der Waals surface area contributed by atoms with E-state index >= 15 is 0 Å². The molecule has 2 aromatic rings. The molecule has 0 saturated carbocycles. The Morgan fingerprint density at radius 2 is 1.86 bits per heavy atom. The molecule has 5 nitrogen and oxygen atoms in total. The number of halogens is 1. The number of benzene rings is 1. The van der Waals surface area contributed by atoms with Gasteiger partial charge in [-0.3, -0.25) is 9.78 Å². The highest BCUT2D eigenvalue weighted by Crippen LogP contribution is 2.20. The van der Waals surface area contributed by atoms with E-state index in [9.17, 15) is 14.7 Å². The number of carbonyl (C=O) groups is 2. The maximum atomic E-state index is 12.3. The lowest BCUT2D eigenvalue weighted by Gasteiger charge is -2.10. The van der Waals surface area contributed by atoms with Crippen molar-refractivity contribution in [1.82, 2.24) is 4.98 Å². The monoisotopic (exact) mass is 396 g/mol. The summed E-state index contributed by atoms with van der Waals surface area (Å²) in [4.78, 5) is 27.7. The van der Waals surface area contributed by atoms with Crippen LogP contribution in [0.4, 0.5) is 5.69 Å². The second kappa shape index (κ2) is 6.21. The van der Waals surface area contributed by atoms with Crippen molar-refractivity contribution in [3.05, 3.63) is 56.4 Å². The third-order valence-corrected chi connectivity index (χ3v) is 3.60. The number of carboxylic acids is 1. The van der Waals surface area contributed by atoms with Crippen molar-refractivity contribution in [2.24, 2.45) is 0 Å². The van der Waals surface area contributed by atoms with E-state index < -0.39 is 5.97 Å². The molecule has 0 atom stereocenters. The number of carboxylic acid groups (broad SMARTS) is 1. The zero-order chi connectivity index (χ0) is 15.6. The van der Waals surface area contributed by atoms with Crippen molar-refractivity contribution in [3.63, 3.8) is 0 Å². The van der Waals surface area contributed by atoms with Gasteiger partial charge in [-0.05, 0) is 66.8 Å². The van der Waals surface area contributed by atoms with E-state index in [4.69, 9.17) is 0 Å². The van der Waals surface area contributed by atoms with E-state index in [1.54, 1.807) is 31.2 Å². The molecule has 1 heterocycles. The van der Waals surface area contributed by atoms with Gasteiger partial charge in [0.25, 0.3) is 5.91 Å². The number of nitrogens with zero attached hydrogens (tertiary/aromatic N) is 1. The predicted octanol–water partition coefficient (Wildman–Crippen LogP) is 3.25. The van der Waals surface area contributed by atoms with Gasteiger partial charge in [0.1, 0.15) is 0 Å². The molecule has 2 N–H and O–H groups in total. The first-order valence-electron chi connectivity index (χ1n) is 6.17. The van der Waals surface area contributed by atoms with Crippen LogP contribution in [0.5, 0.6) is 0 Å². The lowest BCUT2D eigenvalue weighted by atomic mass is 10.1. The van der Waals surface area contributed by atoms with Crippen molar-refractivity contribution in [2.75, 3.05) is 5.32 Å². The van der Waals surface area contributed by atoms with E-state index in [1.807, 2.05) is 29.5 Å². The predicted molar refractivity (Wildman–Crippen MR) is 87.8 cm³/mol. The van der Waals surface area contributed by atoms with Crippen LogP contribution in [0.3, 0.4) is 0 Å². The molecule has 0 saturated heterocycles. The largest absolute Gasteiger partial charge is 0.478 e. The number of hydrogen-bond donors (Lipinski definition) is 2. The third-order valence-electron chi connectivity index (χ3n) is 2.93. The van der Waals surface area contributed by atoms with Gasteiger partial charge in [-0.2, -0.15) is 0 Å². The van der Waals surface area contributed by atoms with Crippen molar-refractivity contribution in [3.8, 4) is 0 Å². The molecule has 0 aliphatic heterocycles. The molecule has 0 spiro atoms. The van der Waals surface area contributed by atoms with Gasteiger partial charge in [0.15, 0.2) is 0 Å².